The zero-order valence-electron chi connectivity index (χ0n) is 8.93. The molecular weight excluding hydrogens is 176 g/mol. The number of hydrogen-bond donors (Lipinski definition) is 2. The Bertz CT molecular complexity index is 133. The van der Waals surface area contributed by atoms with E-state index in [1.807, 2.05) is 0 Å². The summed E-state index contributed by atoms with van der Waals surface area (Å²) in [5, 5.41) is 6.97. The highest BCUT2D eigenvalue weighted by Crippen LogP contribution is 2.12. The SMILES string of the molecule is C1CCC(NCC2CCCNC2)OC1. The molecule has 3 heteroatoms. The second-order valence-corrected chi connectivity index (χ2v) is 4.48. The average Bonchev–Trinajstić information content (AvgIpc) is 2.29. The Kier molecular flexibility index (Phi) is 4.22. The van der Waals surface area contributed by atoms with Crippen molar-refractivity contribution in [3.63, 3.8) is 0 Å². The van der Waals surface area contributed by atoms with E-state index < -0.39 is 0 Å². The van der Waals surface area contributed by atoms with E-state index in [4.69, 9.17) is 4.74 Å². The number of nitrogens with one attached hydrogen (secondary N) is 2. The molecule has 2 unspecified atom stereocenters. The quantitative estimate of drug-likeness (QED) is 0.712. The van der Waals surface area contributed by atoms with Gasteiger partial charge in [-0.1, -0.05) is 0 Å². The van der Waals surface area contributed by atoms with Gasteiger partial charge in [-0.3, -0.25) is 5.32 Å². The molecule has 2 fully saturated rings. The van der Waals surface area contributed by atoms with Gasteiger partial charge in [-0.05, 0) is 51.1 Å². The van der Waals surface area contributed by atoms with Crippen LogP contribution in [0.2, 0.25) is 0 Å². The zero-order valence-corrected chi connectivity index (χ0v) is 8.93. The molecule has 82 valence electrons. The van der Waals surface area contributed by atoms with Gasteiger partial charge in [0.25, 0.3) is 0 Å². The van der Waals surface area contributed by atoms with E-state index in [1.165, 1.54) is 45.2 Å². The van der Waals surface area contributed by atoms with Crippen molar-refractivity contribution in [3.8, 4) is 0 Å². The molecule has 2 aliphatic rings. The van der Waals surface area contributed by atoms with Crippen LogP contribution >= 0.6 is 0 Å². The van der Waals surface area contributed by atoms with Gasteiger partial charge in [-0.25, -0.2) is 0 Å². The van der Waals surface area contributed by atoms with Gasteiger partial charge in [0.15, 0.2) is 0 Å². The van der Waals surface area contributed by atoms with Crippen molar-refractivity contribution < 1.29 is 4.74 Å². The molecule has 2 aliphatic heterocycles. The van der Waals surface area contributed by atoms with Crippen LogP contribution in [0.25, 0.3) is 0 Å². The minimum atomic E-state index is 0.339. The van der Waals surface area contributed by atoms with Crippen molar-refractivity contribution in [3.05, 3.63) is 0 Å². The molecule has 0 radical (unpaired) electrons. The maximum atomic E-state index is 5.64. The van der Waals surface area contributed by atoms with Gasteiger partial charge >= 0.3 is 0 Å². The fourth-order valence-corrected chi connectivity index (χ4v) is 2.30. The van der Waals surface area contributed by atoms with Gasteiger partial charge in [0.2, 0.25) is 0 Å². The molecule has 2 saturated heterocycles. The molecule has 2 rings (SSSR count). The highest BCUT2D eigenvalue weighted by atomic mass is 16.5. The maximum Gasteiger partial charge on any atom is 0.108 e. The van der Waals surface area contributed by atoms with Crippen molar-refractivity contribution in [2.75, 3.05) is 26.2 Å². The molecule has 0 amide bonds. The first kappa shape index (κ1) is 10.4. The Morgan fingerprint density at radius 2 is 2.21 bits per heavy atom. The molecule has 2 heterocycles. The molecule has 0 spiro atoms. The van der Waals surface area contributed by atoms with Crippen LogP contribution in [0.15, 0.2) is 0 Å². The van der Waals surface area contributed by atoms with E-state index in [1.54, 1.807) is 0 Å². The van der Waals surface area contributed by atoms with Crippen molar-refractivity contribution in [1.29, 1.82) is 0 Å². The summed E-state index contributed by atoms with van der Waals surface area (Å²) >= 11 is 0. The third kappa shape index (κ3) is 3.23. The van der Waals surface area contributed by atoms with E-state index >= 15 is 0 Å². The fourth-order valence-electron chi connectivity index (χ4n) is 2.30. The summed E-state index contributed by atoms with van der Waals surface area (Å²) in [7, 11) is 0. The Morgan fingerprint density at radius 3 is 2.93 bits per heavy atom. The Morgan fingerprint density at radius 1 is 1.21 bits per heavy atom. The van der Waals surface area contributed by atoms with Crippen LogP contribution in [0.4, 0.5) is 0 Å². The van der Waals surface area contributed by atoms with Crippen LogP contribution in [0.1, 0.15) is 32.1 Å². The maximum absolute atomic E-state index is 5.64. The minimum Gasteiger partial charge on any atom is -0.363 e. The Hall–Kier alpha value is -0.120. The second-order valence-electron chi connectivity index (χ2n) is 4.48. The van der Waals surface area contributed by atoms with E-state index in [-0.39, 0.29) is 0 Å². The average molecular weight is 198 g/mol. The van der Waals surface area contributed by atoms with Crippen molar-refractivity contribution >= 4 is 0 Å². The van der Waals surface area contributed by atoms with Gasteiger partial charge in [0.05, 0.1) is 0 Å². The Labute approximate surface area is 86.6 Å². The molecule has 0 bridgehead atoms. The van der Waals surface area contributed by atoms with Crippen LogP contribution in [-0.2, 0) is 4.74 Å². The van der Waals surface area contributed by atoms with Gasteiger partial charge < -0.3 is 10.1 Å². The fraction of sp³-hybridized carbons (Fsp3) is 1.00. The van der Waals surface area contributed by atoms with Crippen LogP contribution < -0.4 is 10.6 Å². The molecule has 3 nitrogen and oxygen atoms in total. The van der Waals surface area contributed by atoms with Gasteiger partial charge in [0, 0.05) is 13.2 Å². The molecule has 2 N–H and O–H groups in total. The number of rotatable bonds is 3. The first-order valence-corrected chi connectivity index (χ1v) is 6.01. The highest BCUT2D eigenvalue weighted by molar-refractivity contribution is 4.72. The lowest BCUT2D eigenvalue weighted by atomic mass is 9.99. The van der Waals surface area contributed by atoms with Crippen molar-refractivity contribution in [1.82, 2.24) is 10.6 Å². The van der Waals surface area contributed by atoms with Crippen LogP contribution in [0.3, 0.4) is 0 Å². The molecule has 0 aromatic carbocycles. The van der Waals surface area contributed by atoms with Gasteiger partial charge in [-0.2, -0.15) is 0 Å². The highest BCUT2D eigenvalue weighted by Gasteiger charge is 2.17. The van der Waals surface area contributed by atoms with E-state index in [0.29, 0.717) is 6.23 Å². The molecule has 0 aromatic heterocycles. The smallest absolute Gasteiger partial charge is 0.108 e. The summed E-state index contributed by atoms with van der Waals surface area (Å²) in [6, 6.07) is 0. The topological polar surface area (TPSA) is 33.3 Å². The van der Waals surface area contributed by atoms with Crippen LogP contribution in [0.5, 0.6) is 0 Å². The summed E-state index contributed by atoms with van der Waals surface area (Å²) in [5.41, 5.74) is 0. The first-order valence-electron chi connectivity index (χ1n) is 6.01. The standard InChI is InChI=1S/C11H22N2O/c1-2-7-14-11(5-1)13-9-10-4-3-6-12-8-10/h10-13H,1-9H2. The molecular formula is C11H22N2O. The van der Waals surface area contributed by atoms with Gasteiger partial charge in [-0.15, -0.1) is 0 Å². The van der Waals surface area contributed by atoms with E-state index in [2.05, 4.69) is 10.6 Å². The summed E-state index contributed by atoms with van der Waals surface area (Å²) in [5.74, 6) is 0.814. The van der Waals surface area contributed by atoms with Crippen molar-refractivity contribution in [2.24, 2.45) is 5.92 Å². The third-order valence-corrected chi connectivity index (χ3v) is 3.21. The normalized spacial score (nSPS) is 34.3. The first-order chi connectivity index (χ1) is 6.95. The third-order valence-electron chi connectivity index (χ3n) is 3.21. The number of hydrogen-bond acceptors (Lipinski definition) is 3. The lowest BCUT2D eigenvalue weighted by Crippen LogP contribution is -2.41. The predicted octanol–water partition coefficient (Wildman–Crippen LogP) is 1.10. The van der Waals surface area contributed by atoms with Gasteiger partial charge in [0.1, 0.15) is 6.23 Å². The molecule has 14 heavy (non-hydrogen) atoms. The Balaban J connectivity index is 1.60. The van der Waals surface area contributed by atoms with E-state index in [0.717, 1.165) is 19.1 Å². The largest absolute Gasteiger partial charge is 0.363 e. The van der Waals surface area contributed by atoms with Crippen LogP contribution in [0, 0.1) is 5.92 Å². The summed E-state index contributed by atoms with van der Waals surface area (Å²) < 4.78 is 5.64. The molecule has 0 saturated carbocycles. The summed E-state index contributed by atoms with van der Waals surface area (Å²) in [6.45, 7) is 4.45. The lowest BCUT2D eigenvalue weighted by molar-refractivity contribution is -0.00783. The van der Waals surface area contributed by atoms with Crippen molar-refractivity contribution in [2.45, 2.75) is 38.3 Å². The summed E-state index contributed by atoms with van der Waals surface area (Å²) in [6.07, 6.45) is 6.79. The number of piperidine rings is 1. The van der Waals surface area contributed by atoms with E-state index in [9.17, 15) is 0 Å². The summed E-state index contributed by atoms with van der Waals surface area (Å²) in [4.78, 5) is 0. The predicted molar refractivity (Wildman–Crippen MR) is 57.2 cm³/mol. The zero-order chi connectivity index (χ0) is 9.64. The lowest BCUT2D eigenvalue weighted by Gasteiger charge is -2.28. The van der Waals surface area contributed by atoms with Crippen LogP contribution in [-0.4, -0.2) is 32.5 Å². The molecule has 0 aromatic rings. The number of ether oxygens (including phenoxy) is 1. The molecule has 2 atom stereocenters. The monoisotopic (exact) mass is 198 g/mol. The molecule has 0 aliphatic carbocycles. The minimum absolute atomic E-state index is 0.339. The second kappa shape index (κ2) is 5.69.